The number of amidine groups is 1. The smallest absolute Gasteiger partial charge is 0.213 e. The number of nitrogens with two attached hydrogens (primary N) is 2. The molecule has 0 aliphatic rings. The minimum Gasteiger partial charge on any atom is -0.409 e. The van der Waals surface area contributed by atoms with Crippen LogP contribution in [0, 0.1) is 0 Å². The van der Waals surface area contributed by atoms with Crippen LogP contribution >= 0.6 is 22.9 Å². The Morgan fingerprint density at radius 2 is 2.25 bits per heavy atom. The minimum absolute atomic E-state index is 0.154. The van der Waals surface area contributed by atoms with E-state index in [1.54, 1.807) is 10.2 Å². The molecule has 0 fully saturated rings. The lowest BCUT2D eigenvalue weighted by molar-refractivity contribution is 0.304. The van der Waals surface area contributed by atoms with Gasteiger partial charge in [0.2, 0.25) is 5.82 Å². The van der Waals surface area contributed by atoms with Gasteiger partial charge in [-0.1, -0.05) is 5.16 Å². The Bertz CT molecular complexity index is 366. The third-order valence-electron chi connectivity index (χ3n) is 1.70. The first-order chi connectivity index (χ1) is 7.56. The fourth-order valence-electron chi connectivity index (χ4n) is 0.903. The second-order valence-electron chi connectivity index (χ2n) is 2.99. The quantitative estimate of drug-likeness (QED) is 0.120. The average Bonchev–Trinajstić information content (AvgIpc) is 2.73. The zero-order chi connectivity index (χ0) is 12.1. The van der Waals surface area contributed by atoms with Crippen LogP contribution in [0.3, 0.4) is 0 Å². The van der Waals surface area contributed by atoms with Gasteiger partial charge in [0.1, 0.15) is 0 Å². The van der Waals surface area contributed by atoms with Crippen LogP contribution in [0.1, 0.15) is 5.69 Å². The molecule has 10 heteroatoms. The maximum absolute atomic E-state index is 8.54. The van der Waals surface area contributed by atoms with Crippen LogP contribution in [0.25, 0.3) is 0 Å². The van der Waals surface area contributed by atoms with Crippen LogP contribution in [-0.4, -0.2) is 46.5 Å². The summed E-state index contributed by atoms with van der Waals surface area (Å²) in [6.45, 7) is 1.21. The summed E-state index contributed by atoms with van der Waals surface area (Å²) >= 11 is 2.01. The summed E-state index contributed by atoms with van der Waals surface area (Å²) in [5.74, 6) is 5.71. The number of halogens is 1. The summed E-state index contributed by atoms with van der Waals surface area (Å²) in [7, 11) is 1.75. The molecule has 90 valence electrons. The minimum atomic E-state index is -0.154. The summed E-state index contributed by atoms with van der Waals surface area (Å²) < 4.78 is 6.25. The number of hydrogen-bond donors (Lipinski definition) is 3. The molecule has 0 unspecified atom stereocenters. The molecule has 0 saturated carbocycles. The largest absolute Gasteiger partial charge is 0.409 e. The lowest BCUT2D eigenvalue weighted by atomic mass is 10.4. The third kappa shape index (κ3) is 3.18. The SMILES string of the molecule is CN(N)CCN(I)c1nonc1/C(N)=N/O. The molecule has 1 aromatic rings. The second kappa shape index (κ2) is 5.81. The fraction of sp³-hybridized carbons (Fsp3) is 0.500. The van der Waals surface area contributed by atoms with Crippen molar-refractivity contribution in [1.82, 2.24) is 15.3 Å². The normalized spacial score (nSPS) is 12.1. The van der Waals surface area contributed by atoms with Crippen molar-refractivity contribution in [3.63, 3.8) is 0 Å². The zero-order valence-corrected chi connectivity index (χ0v) is 10.7. The molecular weight excluding hydrogens is 329 g/mol. The van der Waals surface area contributed by atoms with Gasteiger partial charge in [-0.15, -0.1) is 0 Å². The molecule has 0 spiro atoms. The number of anilines is 1. The number of oxime groups is 1. The number of rotatable bonds is 5. The Balaban J connectivity index is 2.76. The topological polar surface area (TPSA) is 130 Å². The lowest BCUT2D eigenvalue weighted by Gasteiger charge is -2.16. The first-order valence-corrected chi connectivity index (χ1v) is 5.22. The van der Waals surface area contributed by atoms with Crippen LogP contribution < -0.4 is 14.7 Å². The van der Waals surface area contributed by atoms with Crippen molar-refractivity contribution in [3.05, 3.63) is 5.69 Å². The summed E-state index contributed by atoms with van der Waals surface area (Å²) in [6.07, 6.45) is 0. The number of hydrogen-bond acceptors (Lipinski definition) is 8. The molecule has 0 bridgehead atoms. The van der Waals surface area contributed by atoms with Gasteiger partial charge in [-0.3, -0.25) is 8.96 Å². The predicted molar refractivity (Wildman–Crippen MR) is 65.0 cm³/mol. The molecule has 0 aromatic carbocycles. The number of hydrazine groups is 1. The van der Waals surface area contributed by atoms with E-state index in [1.807, 2.05) is 22.9 Å². The van der Waals surface area contributed by atoms with E-state index in [4.69, 9.17) is 16.8 Å². The first kappa shape index (κ1) is 12.9. The first-order valence-electron chi connectivity index (χ1n) is 4.26. The summed E-state index contributed by atoms with van der Waals surface area (Å²) in [5, 5.41) is 20.1. The molecular formula is C6H12IN7O2. The standard InChI is InChI=1S/C6H12IN7O2/c1-13(9)2-3-14(7)6-4(5(8)10-15)11-16-12-6/h15H,2-3,9H2,1H3,(H2,8,10). The highest BCUT2D eigenvalue weighted by atomic mass is 127. The molecule has 0 aliphatic heterocycles. The van der Waals surface area contributed by atoms with Crippen molar-refractivity contribution in [1.29, 1.82) is 0 Å². The van der Waals surface area contributed by atoms with Crippen LogP contribution in [0.5, 0.6) is 0 Å². The molecule has 0 amide bonds. The van der Waals surface area contributed by atoms with E-state index in [-0.39, 0.29) is 11.5 Å². The van der Waals surface area contributed by atoms with Crippen molar-refractivity contribution in [2.24, 2.45) is 16.7 Å². The Morgan fingerprint density at radius 3 is 2.81 bits per heavy atom. The van der Waals surface area contributed by atoms with Gasteiger partial charge in [0.05, 0.1) is 22.9 Å². The number of nitrogens with zero attached hydrogens (tertiary/aromatic N) is 5. The van der Waals surface area contributed by atoms with Gasteiger partial charge in [-0.05, 0) is 10.3 Å². The van der Waals surface area contributed by atoms with Crippen LogP contribution in [-0.2, 0) is 0 Å². The van der Waals surface area contributed by atoms with E-state index >= 15 is 0 Å². The summed E-state index contributed by atoms with van der Waals surface area (Å²) in [6, 6.07) is 0. The van der Waals surface area contributed by atoms with Crippen molar-refractivity contribution in [3.8, 4) is 0 Å². The predicted octanol–water partition coefficient (Wildman–Crippen LogP) is -0.874. The average molecular weight is 341 g/mol. The highest BCUT2D eigenvalue weighted by Gasteiger charge is 2.19. The molecule has 0 saturated heterocycles. The third-order valence-corrected chi connectivity index (χ3v) is 2.64. The highest BCUT2D eigenvalue weighted by molar-refractivity contribution is 14.1. The second-order valence-corrected chi connectivity index (χ2v) is 4.15. The molecule has 0 atom stereocenters. The van der Waals surface area contributed by atoms with E-state index < -0.39 is 0 Å². The molecule has 1 aromatic heterocycles. The molecule has 16 heavy (non-hydrogen) atoms. The van der Waals surface area contributed by atoms with Crippen molar-refractivity contribution in [2.75, 3.05) is 23.3 Å². The van der Waals surface area contributed by atoms with E-state index in [2.05, 4.69) is 20.1 Å². The Labute approximate surface area is 105 Å². The monoisotopic (exact) mass is 341 g/mol. The number of aromatic nitrogens is 2. The van der Waals surface area contributed by atoms with Gasteiger partial charge < -0.3 is 10.9 Å². The molecule has 1 heterocycles. The van der Waals surface area contributed by atoms with Crippen molar-refractivity contribution < 1.29 is 9.84 Å². The van der Waals surface area contributed by atoms with Gasteiger partial charge in [0, 0.05) is 20.1 Å². The summed E-state index contributed by atoms with van der Waals surface area (Å²) in [4.78, 5) is 0. The van der Waals surface area contributed by atoms with E-state index in [1.165, 1.54) is 5.01 Å². The van der Waals surface area contributed by atoms with Gasteiger partial charge in [0.25, 0.3) is 0 Å². The molecule has 5 N–H and O–H groups in total. The Morgan fingerprint density at radius 1 is 1.56 bits per heavy atom. The van der Waals surface area contributed by atoms with E-state index in [0.29, 0.717) is 18.9 Å². The van der Waals surface area contributed by atoms with Crippen LogP contribution in [0.4, 0.5) is 5.82 Å². The van der Waals surface area contributed by atoms with Gasteiger partial charge in [-0.2, -0.15) is 0 Å². The van der Waals surface area contributed by atoms with Crippen LogP contribution in [0.2, 0.25) is 0 Å². The van der Waals surface area contributed by atoms with Crippen molar-refractivity contribution >= 4 is 34.5 Å². The molecule has 1 rings (SSSR count). The lowest BCUT2D eigenvalue weighted by Crippen LogP contribution is -2.33. The maximum Gasteiger partial charge on any atom is 0.213 e. The van der Waals surface area contributed by atoms with Crippen molar-refractivity contribution in [2.45, 2.75) is 0 Å². The Hall–Kier alpha value is -1.14. The maximum atomic E-state index is 8.54. The van der Waals surface area contributed by atoms with Gasteiger partial charge in [-0.25, -0.2) is 9.64 Å². The molecule has 0 radical (unpaired) electrons. The van der Waals surface area contributed by atoms with E-state index in [9.17, 15) is 0 Å². The van der Waals surface area contributed by atoms with Crippen LogP contribution in [0.15, 0.2) is 9.78 Å². The molecule has 9 nitrogen and oxygen atoms in total. The Kier molecular flexibility index (Phi) is 4.70. The van der Waals surface area contributed by atoms with Gasteiger partial charge in [0.15, 0.2) is 11.5 Å². The zero-order valence-electron chi connectivity index (χ0n) is 8.54. The summed E-state index contributed by atoms with van der Waals surface area (Å²) in [5.41, 5.74) is 5.60. The molecule has 0 aliphatic carbocycles. The fourth-order valence-corrected chi connectivity index (χ4v) is 1.44. The highest BCUT2D eigenvalue weighted by Crippen LogP contribution is 2.18. The van der Waals surface area contributed by atoms with E-state index in [0.717, 1.165) is 0 Å². The van der Waals surface area contributed by atoms with Gasteiger partial charge >= 0.3 is 0 Å². The number of likely N-dealkylation sites (N-methyl/N-ethyl adjacent to an activating group) is 1.